The molecule has 2 aliphatic heterocycles. The molecule has 0 saturated carbocycles. The fraction of sp³-hybridized carbons (Fsp3) is 0.375. The summed E-state index contributed by atoms with van der Waals surface area (Å²) >= 11 is 5.78. The zero-order valence-corrected chi connectivity index (χ0v) is 13.4. The fourth-order valence-electron chi connectivity index (χ4n) is 2.91. The molecule has 0 unspecified atom stereocenters. The molecule has 2 aromatic rings. The molecule has 1 aromatic heterocycles. The van der Waals surface area contributed by atoms with Gasteiger partial charge in [-0.3, -0.25) is 4.90 Å². The number of hydrogen-bond acceptors (Lipinski definition) is 6. The first-order valence-electron chi connectivity index (χ1n) is 7.63. The quantitative estimate of drug-likeness (QED) is 0.858. The summed E-state index contributed by atoms with van der Waals surface area (Å²) in [6.45, 7) is 5.07. The van der Waals surface area contributed by atoms with Gasteiger partial charge in [-0.25, -0.2) is 0 Å². The maximum absolute atomic E-state index is 5.78. The number of nitrogens with zero attached hydrogens (tertiary/aromatic N) is 4. The van der Waals surface area contributed by atoms with Gasteiger partial charge in [0.25, 0.3) is 0 Å². The lowest BCUT2D eigenvalue weighted by Gasteiger charge is -2.35. The highest BCUT2D eigenvalue weighted by molar-refractivity contribution is 6.29. The molecule has 3 heterocycles. The first kappa shape index (κ1) is 14.5. The summed E-state index contributed by atoms with van der Waals surface area (Å²) in [7, 11) is 0. The van der Waals surface area contributed by atoms with Crippen LogP contribution in [-0.4, -0.2) is 48.1 Å². The van der Waals surface area contributed by atoms with Crippen molar-refractivity contribution in [3.05, 3.63) is 41.0 Å². The Labute approximate surface area is 139 Å². The Hall–Kier alpha value is -2.05. The number of benzene rings is 1. The van der Waals surface area contributed by atoms with Crippen molar-refractivity contribution in [3.8, 4) is 11.5 Å². The molecule has 0 atom stereocenters. The summed E-state index contributed by atoms with van der Waals surface area (Å²) in [5, 5.41) is 8.48. The van der Waals surface area contributed by atoms with Gasteiger partial charge < -0.3 is 14.4 Å². The molecular formula is C16H17ClN4O2. The van der Waals surface area contributed by atoms with Crippen molar-refractivity contribution in [2.24, 2.45) is 0 Å². The third-order valence-electron chi connectivity index (χ3n) is 4.16. The second kappa shape index (κ2) is 6.22. The van der Waals surface area contributed by atoms with E-state index in [1.165, 1.54) is 5.56 Å². The Morgan fingerprint density at radius 3 is 2.57 bits per heavy atom. The number of aromatic nitrogens is 2. The molecule has 120 valence electrons. The van der Waals surface area contributed by atoms with Gasteiger partial charge in [-0.2, -0.15) is 0 Å². The molecule has 0 aliphatic carbocycles. The van der Waals surface area contributed by atoms with Crippen molar-refractivity contribution in [2.45, 2.75) is 6.54 Å². The van der Waals surface area contributed by atoms with Crippen molar-refractivity contribution in [1.29, 1.82) is 0 Å². The van der Waals surface area contributed by atoms with E-state index >= 15 is 0 Å². The van der Waals surface area contributed by atoms with Crippen molar-refractivity contribution in [1.82, 2.24) is 15.1 Å². The van der Waals surface area contributed by atoms with Gasteiger partial charge >= 0.3 is 0 Å². The standard InChI is InChI=1S/C16H17ClN4O2/c17-15-3-4-16(19-18-15)21-7-5-20(6-8-21)10-12-1-2-13-14(9-12)23-11-22-13/h1-4,9H,5-8,10-11H2. The van der Waals surface area contributed by atoms with Gasteiger partial charge in [0.1, 0.15) is 0 Å². The molecule has 1 aromatic carbocycles. The van der Waals surface area contributed by atoms with Gasteiger partial charge in [-0.05, 0) is 29.8 Å². The number of piperazine rings is 1. The maximum Gasteiger partial charge on any atom is 0.231 e. The zero-order chi connectivity index (χ0) is 15.6. The van der Waals surface area contributed by atoms with Crippen LogP contribution in [0.15, 0.2) is 30.3 Å². The predicted molar refractivity (Wildman–Crippen MR) is 87.1 cm³/mol. The molecule has 23 heavy (non-hydrogen) atoms. The van der Waals surface area contributed by atoms with Crippen LogP contribution in [0.4, 0.5) is 5.82 Å². The van der Waals surface area contributed by atoms with Gasteiger partial charge in [0, 0.05) is 32.7 Å². The van der Waals surface area contributed by atoms with E-state index in [0.29, 0.717) is 11.9 Å². The monoisotopic (exact) mass is 332 g/mol. The minimum atomic E-state index is 0.319. The minimum absolute atomic E-state index is 0.319. The average molecular weight is 333 g/mol. The maximum atomic E-state index is 5.78. The highest BCUT2D eigenvalue weighted by Crippen LogP contribution is 2.32. The molecule has 1 fully saturated rings. The van der Waals surface area contributed by atoms with Crippen LogP contribution in [0.1, 0.15) is 5.56 Å². The first-order valence-corrected chi connectivity index (χ1v) is 8.01. The summed E-state index contributed by atoms with van der Waals surface area (Å²) in [6, 6.07) is 9.85. The Kier molecular flexibility index (Phi) is 3.93. The van der Waals surface area contributed by atoms with E-state index in [9.17, 15) is 0 Å². The highest BCUT2D eigenvalue weighted by Gasteiger charge is 2.20. The van der Waals surface area contributed by atoms with E-state index in [1.54, 1.807) is 6.07 Å². The largest absolute Gasteiger partial charge is 0.454 e. The Morgan fingerprint density at radius 2 is 1.78 bits per heavy atom. The van der Waals surface area contributed by atoms with Crippen LogP contribution < -0.4 is 14.4 Å². The molecule has 0 bridgehead atoms. The summed E-state index contributed by atoms with van der Waals surface area (Å²) < 4.78 is 10.8. The van der Waals surface area contributed by atoms with Crippen LogP contribution in [0, 0.1) is 0 Å². The van der Waals surface area contributed by atoms with Crippen molar-refractivity contribution in [3.63, 3.8) is 0 Å². The third-order valence-corrected chi connectivity index (χ3v) is 4.36. The molecule has 7 heteroatoms. The lowest BCUT2D eigenvalue weighted by atomic mass is 10.1. The van der Waals surface area contributed by atoms with Crippen LogP contribution >= 0.6 is 11.6 Å². The van der Waals surface area contributed by atoms with Crippen LogP contribution in [0.2, 0.25) is 5.15 Å². The summed E-state index contributed by atoms with van der Waals surface area (Å²) in [5.41, 5.74) is 1.24. The highest BCUT2D eigenvalue weighted by atomic mass is 35.5. The molecule has 0 N–H and O–H groups in total. The molecule has 0 spiro atoms. The predicted octanol–water partition coefficient (Wildman–Crippen LogP) is 2.18. The van der Waals surface area contributed by atoms with Gasteiger partial charge in [0.2, 0.25) is 6.79 Å². The SMILES string of the molecule is Clc1ccc(N2CCN(Cc3ccc4c(c3)OCO4)CC2)nn1. The van der Waals surface area contributed by atoms with E-state index in [0.717, 1.165) is 50.0 Å². The summed E-state index contributed by atoms with van der Waals surface area (Å²) in [5.74, 6) is 2.56. The van der Waals surface area contributed by atoms with Crippen LogP contribution in [0.25, 0.3) is 0 Å². The molecule has 6 nitrogen and oxygen atoms in total. The van der Waals surface area contributed by atoms with E-state index in [1.807, 2.05) is 12.1 Å². The van der Waals surface area contributed by atoms with E-state index in [4.69, 9.17) is 21.1 Å². The second-order valence-corrected chi connectivity index (χ2v) is 6.05. The topological polar surface area (TPSA) is 50.7 Å². The van der Waals surface area contributed by atoms with Crippen LogP contribution in [-0.2, 0) is 6.54 Å². The fourth-order valence-corrected chi connectivity index (χ4v) is 3.01. The minimum Gasteiger partial charge on any atom is -0.454 e. The Bertz CT molecular complexity index is 687. The summed E-state index contributed by atoms with van der Waals surface area (Å²) in [4.78, 5) is 4.66. The first-order chi connectivity index (χ1) is 11.3. The number of anilines is 1. The van der Waals surface area contributed by atoms with E-state index in [2.05, 4.69) is 32.1 Å². The smallest absolute Gasteiger partial charge is 0.231 e. The van der Waals surface area contributed by atoms with E-state index in [-0.39, 0.29) is 0 Å². The Balaban J connectivity index is 1.35. The van der Waals surface area contributed by atoms with E-state index < -0.39 is 0 Å². The summed E-state index contributed by atoms with van der Waals surface area (Å²) in [6.07, 6.45) is 0. The zero-order valence-electron chi connectivity index (χ0n) is 12.6. The van der Waals surface area contributed by atoms with Crippen LogP contribution in [0.3, 0.4) is 0 Å². The number of fused-ring (bicyclic) bond motifs is 1. The second-order valence-electron chi connectivity index (χ2n) is 5.67. The van der Waals surface area contributed by atoms with Gasteiger partial charge in [0.15, 0.2) is 22.5 Å². The number of ether oxygens (including phenoxy) is 2. The average Bonchev–Trinajstić information content (AvgIpc) is 3.04. The molecule has 4 rings (SSSR count). The lowest BCUT2D eigenvalue weighted by molar-refractivity contribution is 0.174. The number of rotatable bonds is 3. The number of halogens is 1. The Morgan fingerprint density at radius 1 is 0.957 bits per heavy atom. The normalized spacial score (nSPS) is 17.5. The van der Waals surface area contributed by atoms with Gasteiger partial charge in [-0.15, -0.1) is 10.2 Å². The van der Waals surface area contributed by atoms with Crippen molar-refractivity contribution in [2.75, 3.05) is 37.9 Å². The van der Waals surface area contributed by atoms with Crippen LogP contribution in [0.5, 0.6) is 11.5 Å². The molecule has 0 radical (unpaired) electrons. The molecular weight excluding hydrogens is 316 g/mol. The number of hydrogen-bond donors (Lipinski definition) is 0. The van der Waals surface area contributed by atoms with Gasteiger partial charge in [0.05, 0.1) is 0 Å². The van der Waals surface area contributed by atoms with Crippen molar-refractivity contribution >= 4 is 17.4 Å². The molecule has 0 amide bonds. The lowest BCUT2D eigenvalue weighted by Crippen LogP contribution is -2.46. The van der Waals surface area contributed by atoms with Gasteiger partial charge in [-0.1, -0.05) is 17.7 Å². The third kappa shape index (κ3) is 3.18. The van der Waals surface area contributed by atoms with Crippen molar-refractivity contribution < 1.29 is 9.47 Å². The molecule has 2 aliphatic rings. The molecule has 1 saturated heterocycles.